The highest BCUT2D eigenvalue weighted by Gasteiger charge is 2.30. The van der Waals surface area contributed by atoms with Crippen LogP contribution in [0.4, 0.5) is 5.69 Å². The van der Waals surface area contributed by atoms with Crippen LogP contribution in [0.15, 0.2) is 47.4 Å². The van der Waals surface area contributed by atoms with Gasteiger partial charge in [0.1, 0.15) is 0 Å². The molecule has 0 aliphatic heterocycles. The van der Waals surface area contributed by atoms with E-state index >= 15 is 0 Å². The fraction of sp³-hybridized carbons (Fsp3) is 0.348. The van der Waals surface area contributed by atoms with Crippen LogP contribution >= 0.6 is 0 Å². The third-order valence-corrected chi connectivity index (χ3v) is 7.99. The van der Waals surface area contributed by atoms with Gasteiger partial charge < -0.3 is 5.32 Å². The minimum absolute atomic E-state index is 0.198. The van der Waals surface area contributed by atoms with Crippen LogP contribution in [0.1, 0.15) is 53.0 Å². The highest BCUT2D eigenvalue weighted by Crippen LogP contribution is 2.30. The quantitative estimate of drug-likeness (QED) is 0.645. The van der Waals surface area contributed by atoms with Crippen molar-refractivity contribution in [3.63, 3.8) is 0 Å². The van der Waals surface area contributed by atoms with Gasteiger partial charge in [0.15, 0.2) is 15.5 Å². The zero-order valence-corrected chi connectivity index (χ0v) is 18.7. The molecule has 1 fully saturated rings. The smallest absolute Gasteiger partial charge is 0.278 e. The minimum atomic E-state index is -3.39. The third-order valence-electron chi connectivity index (χ3n) is 5.73. The maximum absolute atomic E-state index is 12.9. The van der Waals surface area contributed by atoms with Gasteiger partial charge in [-0.05, 0) is 63.4 Å². The van der Waals surface area contributed by atoms with Crippen LogP contribution in [0.5, 0.6) is 0 Å². The molecule has 0 unspecified atom stereocenters. The molecule has 0 spiro atoms. The molecule has 0 saturated heterocycles. The van der Waals surface area contributed by atoms with Crippen LogP contribution in [-0.4, -0.2) is 34.6 Å². The Morgan fingerprint density at radius 1 is 1.03 bits per heavy atom. The van der Waals surface area contributed by atoms with Crippen molar-refractivity contribution in [1.29, 1.82) is 0 Å². The number of carbonyl (C=O) groups is 1. The summed E-state index contributed by atoms with van der Waals surface area (Å²) in [6.45, 7) is 5.71. The first-order valence-corrected chi connectivity index (χ1v) is 12.0. The van der Waals surface area contributed by atoms with Gasteiger partial charge in [0, 0.05) is 5.69 Å². The zero-order valence-electron chi connectivity index (χ0n) is 17.9. The van der Waals surface area contributed by atoms with Crippen molar-refractivity contribution in [3.8, 4) is 5.69 Å². The second kappa shape index (κ2) is 8.26. The molecule has 3 aromatic rings. The number of benzene rings is 2. The molecule has 0 atom stereocenters. The Balaban J connectivity index is 1.57. The second-order valence-corrected chi connectivity index (χ2v) is 10.4. The normalized spacial score (nSPS) is 14.7. The van der Waals surface area contributed by atoms with Crippen LogP contribution in [-0.2, 0) is 9.84 Å². The van der Waals surface area contributed by atoms with E-state index < -0.39 is 15.7 Å². The Morgan fingerprint density at radius 2 is 1.77 bits per heavy atom. The Hall–Kier alpha value is -3.00. The van der Waals surface area contributed by atoms with Gasteiger partial charge in [-0.3, -0.25) is 4.79 Å². The lowest BCUT2D eigenvalue weighted by Crippen LogP contribution is -2.18. The minimum Gasteiger partial charge on any atom is -0.320 e. The number of amides is 1. The first kappa shape index (κ1) is 21.2. The summed E-state index contributed by atoms with van der Waals surface area (Å²) in [7, 11) is -3.39. The number of nitrogens with one attached hydrogen (secondary N) is 1. The Kier molecular flexibility index (Phi) is 5.66. The van der Waals surface area contributed by atoms with Crippen molar-refractivity contribution in [2.24, 2.45) is 0 Å². The SMILES string of the molecule is Cc1ccc(-n2nc(C)c(C(=O)Nc3cccc(S(=O)(=O)C4CCCC4)c3)n2)c(C)c1. The lowest BCUT2D eigenvalue weighted by atomic mass is 10.1. The monoisotopic (exact) mass is 438 g/mol. The van der Waals surface area contributed by atoms with E-state index in [1.54, 1.807) is 25.1 Å². The van der Waals surface area contributed by atoms with Crippen molar-refractivity contribution in [2.45, 2.75) is 56.6 Å². The van der Waals surface area contributed by atoms with Crippen molar-refractivity contribution in [1.82, 2.24) is 15.0 Å². The maximum atomic E-state index is 12.9. The molecule has 31 heavy (non-hydrogen) atoms. The lowest BCUT2D eigenvalue weighted by molar-refractivity contribution is 0.102. The van der Waals surface area contributed by atoms with Crippen molar-refractivity contribution in [3.05, 3.63) is 65.0 Å². The summed E-state index contributed by atoms with van der Waals surface area (Å²) in [6.07, 6.45) is 3.27. The summed E-state index contributed by atoms with van der Waals surface area (Å²) in [4.78, 5) is 14.6. The Labute approximate surface area is 182 Å². The van der Waals surface area contributed by atoms with Gasteiger partial charge >= 0.3 is 0 Å². The summed E-state index contributed by atoms with van der Waals surface area (Å²) in [5.41, 5.74) is 4.06. The predicted octanol–water partition coefficient (Wildman–Crippen LogP) is 4.16. The van der Waals surface area contributed by atoms with Gasteiger partial charge in [0.25, 0.3) is 5.91 Å². The summed E-state index contributed by atoms with van der Waals surface area (Å²) in [5.74, 6) is -0.427. The molecule has 2 aromatic carbocycles. The fourth-order valence-electron chi connectivity index (χ4n) is 4.06. The van der Waals surface area contributed by atoms with E-state index in [1.165, 1.54) is 10.9 Å². The van der Waals surface area contributed by atoms with E-state index in [1.807, 2.05) is 32.0 Å². The van der Waals surface area contributed by atoms with Crippen LogP contribution in [0.25, 0.3) is 5.69 Å². The summed E-state index contributed by atoms with van der Waals surface area (Å²) in [6, 6.07) is 12.4. The molecule has 0 bridgehead atoms. The molecule has 1 aromatic heterocycles. The van der Waals surface area contributed by atoms with Gasteiger partial charge in [-0.2, -0.15) is 9.90 Å². The van der Waals surface area contributed by atoms with Crippen LogP contribution in [0.2, 0.25) is 0 Å². The maximum Gasteiger partial charge on any atom is 0.278 e. The number of hydrogen-bond acceptors (Lipinski definition) is 5. The molecular weight excluding hydrogens is 412 g/mol. The van der Waals surface area contributed by atoms with Crippen LogP contribution < -0.4 is 5.32 Å². The van der Waals surface area contributed by atoms with Crippen LogP contribution in [0.3, 0.4) is 0 Å². The van der Waals surface area contributed by atoms with E-state index in [4.69, 9.17) is 0 Å². The number of anilines is 1. The highest BCUT2D eigenvalue weighted by molar-refractivity contribution is 7.92. The standard InChI is InChI=1S/C23H26N4O3S/c1-15-11-12-21(16(2)13-15)27-25-17(3)22(26-27)23(28)24-18-7-6-10-20(14-18)31(29,30)19-8-4-5-9-19/h6-7,10-14,19H,4-5,8-9H2,1-3H3,(H,24,28). The molecule has 1 N–H and O–H groups in total. The molecule has 7 nitrogen and oxygen atoms in total. The summed E-state index contributed by atoms with van der Waals surface area (Å²) in [5, 5.41) is 11.2. The predicted molar refractivity (Wildman–Crippen MR) is 119 cm³/mol. The molecule has 4 rings (SSSR count). The topological polar surface area (TPSA) is 94.0 Å². The van der Waals surface area contributed by atoms with E-state index in [0.717, 1.165) is 29.7 Å². The van der Waals surface area contributed by atoms with E-state index in [2.05, 4.69) is 15.5 Å². The molecule has 1 aliphatic carbocycles. The summed E-state index contributed by atoms with van der Waals surface area (Å²) >= 11 is 0. The lowest BCUT2D eigenvalue weighted by Gasteiger charge is -2.12. The largest absolute Gasteiger partial charge is 0.320 e. The summed E-state index contributed by atoms with van der Waals surface area (Å²) < 4.78 is 25.7. The number of carbonyl (C=O) groups excluding carboxylic acids is 1. The van der Waals surface area contributed by atoms with E-state index in [0.29, 0.717) is 24.2 Å². The van der Waals surface area contributed by atoms with E-state index in [-0.39, 0.29) is 15.8 Å². The number of nitrogens with zero attached hydrogens (tertiary/aromatic N) is 3. The van der Waals surface area contributed by atoms with Crippen molar-refractivity contribution < 1.29 is 13.2 Å². The highest BCUT2D eigenvalue weighted by atomic mass is 32.2. The van der Waals surface area contributed by atoms with Crippen molar-refractivity contribution >= 4 is 21.4 Å². The molecule has 1 saturated carbocycles. The van der Waals surface area contributed by atoms with E-state index in [9.17, 15) is 13.2 Å². The average molecular weight is 439 g/mol. The number of sulfone groups is 1. The molecule has 1 heterocycles. The first-order chi connectivity index (χ1) is 14.8. The number of hydrogen-bond donors (Lipinski definition) is 1. The fourth-order valence-corrected chi connectivity index (χ4v) is 5.96. The molecule has 0 radical (unpaired) electrons. The Morgan fingerprint density at radius 3 is 2.48 bits per heavy atom. The number of aryl methyl sites for hydroxylation is 3. The average Bonchev–Trinajstić information content (AvgIpc) is 3.38. The van der Waals surface area contributed by atoms with Crippen molar-refractivity contribution in [2.75, 3.05) is 5.32 Å². The Bertz CT molecular complexity index is 1240. The molecule has 1 aliphatic rings. The van der Waals surface area contributed by atoms with Gasteiger partial charge in [0.05, 0.1) is 21.5 Å². The molecule has 8 heteroatoms. The third kappa shape index (κ3) is 4.25. The second-order valence-electron chi connectivity index (χ2n) is 8.15. The number of aromatic nitrogens is 3. The first-order valence-electron chi connectivity index (χ1n) is 10.4. The molecule has 1 amide bonds. The molecular formula is C23H26N4O3S. The van der Waals surface area contributed by atoms with Crippen LogP contribution in [0, 0.1) is 20.8 Å². The number of rotatable bonds is 5. The van der Waals surface area contributed by atoms with Gasteiger partial charge in [-0.1, -0.05) is 36.6 Å². The van der Waals surface area contributed by atoms with Gasteiger partial charge in [0.2, 0.25) is 0 Å². The zero-order chi connectivity index (χ0) is 22.2. The van der Waals surface area contributed by atoms with Gasteiger partial charge in [-0.15, -0.1) is 5.10 Å². The van der Waals surface area contributed by atoms with Gasteiger partial charge in [-0.25, -0.2) is 8.42 Å². The molecule has 162 valence electrons.